The number of nitrogens with one attached hydrogen (secondary N) is 2. The number of hydrogen-bond donors (Lipinski definition) is 3. The highest BCUT2D eigenvalue weighted by atomic mass is 16.5. The molecule has 140 valence electrons. The van der Waals surface area contributed by atoms with Crippen LogP contribution in [0.5, 0.6) is 0 Å². The van der Waals surface area contributed by atoms with Gasteiger partial charge in [0.1, 0.15) is 6.04 Å². The molecular formula is C18H34N2O4. The van der Waals surface area contributed by atoms with Crippen LogP contribution in [0, 0.1) is 5.41 Å². The van der Waals surface area contributed by atoms with E-state index in [1.165, 1.54) is 0 Å². The minimum atomic E-state index is -0.975. The number of carbonyl (C=O) groups is 2. The average molecular weight is 342 g/mol. The highest BCUT2D eigenvalue weighted by Gasteiger charge is 2.35. The lowest BCUT2D eigenvalue weighted by Gasteiger charge is -2.31. The molecule has 1 amide bonds. The van der Waals surface area contributed by atoms with E-state index in [1.807, 2.05) is 32.9 Å². The predicted octanol–water partition coefficient (Wildman–Crippen LogP) is 2.34. The van der Waals surface area contributed by atoms with Gasteiger partial charge in [-0.2, -0.15) is 0 Å². The van der Waals surface area contributed by atoms with Crippen LogP contribution in [0.15, 0.2) is 12.2 Å². The van der Waals surface area contributed by atoms with Crippen molar-refractivity contribution in [3.63, 3.8) is 0 Å². The van der Waals surface area contributed by atoms with Gasteiger partial charge in [0, 0.05) is 13.2 Å². The molecular weight excluding hydrogens is 308 g/mol. The second-order valence-corrected chi connectivity index (χ2v) is 5.97. The summed E-state index contributed by atoms with van der Waals surface area (Å²) >= 11 is 0. The molecule has 6 nitrogen and oxygen atoms in total. The summed E-state index contributed by atoms with van der Waals surface area (Å²) in [6.45, 7) is 8.57. The van der Waals surface area contributed by atoms with E-state index in [-0.39, 0.29) is 18.6 Å². The van der Waals surface area contributed by atoms with Gasteiger partial charge in [0.2, 0.25) is 5.91 Å². The predicted molar refractivity (Wildman–Crippen MR) is 96.0 cm³/mol. The fraction of sp³-hybridized carbons (Fsp3) is 0.778. The van der Waals surface area contributed by atoms with Crippen molar-refractivity contribution in [2.45, 2.75) is 65.5 Å². The average Bonchev–Trinajstić information content (AvgIpc) is 2.58. The molecule has 0 aromatic heterocycles. The maximum absolute atomic E-state index is 12.6. The zero-order valence-electron chi connectivity index (χ0n) is 15.7. The van der Waals surface area contributed by atoms with E-state index in [4.69, 9.17) is 9.84 Å². The minimum absolute atomic E-state index is 0.0728. The number of carboxylic acid groups (broad SMARTS) is 1. The molecule has 0 fully saturated rings. The zero-order valence-corrected chi connectivity index (χ0v) is 15.7. The SMILES string of the molecule is CC=CC(CC)OCCC(CC)(CC)C(=O)NCC(NC)C(=O)O. The Labute approximate surface area is 146 Å². The van der Waals surface area contributed by atoms with Crippen molar-refractivity contribution in [3.05, 3.63) is 12.2 Å². The first-order valence-electron chi connectivity index (χ1n) is 8.83. The van der Waals surface area contributed by atoms with E-state index in [2.05, 4.69) is 17.6 Å². The molecule has 0 spiro atoms. The van der Waals surface area contributed by atoms with Crippen molar-refractivity contribution in [3.8, 4) is 0 Å². The van der Waals surface area contributed by atoms with Gasteiger partial charge in [-0.05, 0) is 39.7 Å². The molecule has 0 rings (SSSR count). The van der Waals surface area contributed by atoms with Crippen LogP contribution in [0.2, 0.25) is 0 Å². The van der Waals surface area contributed by atoms with Gasteiger partial charge in [-0.25, -0.2) is 0 Å². The molecule has 0 aliphatic rings. The van der Waals surface area contributed by atoms with Crippen LogP contribution < -0.4 is 10.6 Å². The fourth-order valence-electron chi connectivity index (χ4n) is 2.66. The third-order valence-electron chi connectivity index (χ3n) is 4.67. The van der Waals surface area contributed by atoms with E-state index < -0.39 is 17.4 Å². The number of carbonyl (C=O) groups excluding carboxylic acids is 1. The molecule has 0 saturated carbocycles. The van der Waals surface area contributed by atoms with Gasteiger partial charge in [-0.15, -0.1) is 0 Å². The van der Waals surface area contributed by atoms with Gasteiger partial charge in [0.25, 0.3) is 0 Å². The molecule has 3 N–H and O–H groups in total. The quantitative estimate of drug-likeness (QED) is 0.447. The van der Waals surface area contributed by atoms with Gasteiger partial charge in [0.05, 0.1) is 11.5 Å². The summed E-state index contributed by atoms with van der Waals surface area (Å²) in [6.07, 6.45) is 6.96. The summed E-state index contributed by atoms with van der Waals surface area (Å²) < 4.78 is 5.85. The number of likely N-dealkylation sites (N-methyl/N-ethyl adjacent to an activating group) is 1. The normalized spacial score (nSPS) is 14.5. The number of aliphatic carboxylic acids is 1. The van der Waals surface area contributed by atoms with Crippen molar-refractivity contribution < 1.29 is 19.4 Å². The summed E-state index contributed by atoms with van der Waals surface area (Å²) in [5.74, 6) is -1.08. The summed E-state index contributed by atoms with van der Waals surface area (Å²) in [4.78, 5) is 23.7. The Morgan fingerprint density at radius 3 is 2.29 bits per heavy atom. The Kier molecular flexibility index (Phi) is 11.3. The van der Waals surface area contributed by atoms with Crippen molar-refractivity contribution in [1.82, 2.24) is 10.6 Å². The molecule has 2 atom stereocenters. The first-order chi connectivity index (χ1) is 11.4. The number of rotatable bonds is 13. The van der Waals surface area contributed by atoms with Crippen molar-refractivity contribution in [2.24, 2.45) is 5.41 Å². The highest BCUT2D eigenvalue weighted by Crippen LogP contribution is 2.31. The number of ether oxygens (including phenoxy) is 1. The van der Waals surface area contributed by atoms with Crippen molar-refractivity contribution in [1.29, 1.82) is 0 Å². The minimum Gasteiger partial charge on any atom is -0.480 e. The lowest BCUT2D eigenvalue weighted by molar-refractivity contribution is -0.139. The van der Waals surface area contributed by atoms with Crippen LogP contribution in [0.4, 0.5) is 0 Å². The molecule has 0 aromatic carbocycles. The lowest BCUT2D eigenvalue weighted by Crippen LogP contribution is -2.49. The van der Waals surface area contributed by atoms with E-state index >= 15 is 0 Å². The third kappa shape index (κ3) is 7.01. The van der Waals surface area contributed by atoms with Crippen molar-refractivity contribution >= 4 is 11.9 Å². The number of carboxylic acids is 1. The Morgan fingerprint density at radius 2 is 1.88 bits per heavy atom. The lowest BCUT2D eigenvalue weighted by atomic mass is 9.78. The summed E-state index contributed by atoms with van der Waals surface area (Å²) in [5, 5.41) is 14.5. The Balaban J connectivity index is 4.72. The maximum Gasteiger partial charge on any atom is 0.322 e. The van der Waals surface area contributed by atoms with Crippen LogP contribution in [-0.2, 0) is 14.3 Å². The second kappa shape index (κ2) is 12.0. The largest absolute Gasteiger partial charge is 0.480 e. The van der Waals surface area contributed by atoms with Crippen LogP contribution in [0.25, 0.3) is 0 Å². The topological polar surface area (TPSA) is 87.7 Å². The molecule has 0 radical (unpaired) electrons. The van der Waals surface area contributed by atoms with Gasteiger partial charge >= 0.3 is 5.97 Å². The number of amides is 1. The third-order valence-corrected chi connectivity index (χ3v) is 4.67. The molecule has 2 unspecified atom stereocenters. The van der Waals surface area contributed by atoms with Gasteiger partial charge in [0.15, 0.2) is 0 Å². The molecule has 0 aliphatic carbocycles. The maximum atomic E-state index is 12.6. The summed E-state index contributed by atoms with van der Waals surface area (Å²) in [7, 11) is 1.57. The molecule has 0 aromatic rings. The summed E-state index contributed by atoms with van der Waals surface area (Å²) in [6, 6.07) is -0.782. The second-order valence-electron chi connectivity index (χ2n) is 5.97. The molecule has 0 bridgehead atoms. The molecule has 0 saturated heterocycles. The van der Waals surface area contributed by atoms with Gasteiger partial charge in [-0.3, -0.25) is 9.59 Å². The molecule has 0 heterocycles. The molecule has 24 heavy (non-hydrogen) atoms. The van der Waals surface area contributed by atoms with Crippen LogP contribution in [-0.4, -0.2) is 49.3 Å². The van der Waals surface area contributed by atoms with E-state index in [1.54, 1.807) is 7.05 Å². The molecule has 0 aliphatic heterocycles. The monoisotopic (exact) mass is 342 g/mol. The van der Waals surface area contributed by atoms with Gasteiger partial charge < -0.3 is 20.5 Å². The Morgan fingerprint density at radius 1 is 1.25 bits per heavy atom. The first-order valence-corrected chi connectivity index (χ1v) is 8.83. The Hall–Kier alpha value is -1.40. The molecule has 6 heteroatoms. The van der Waals surface area contributed by atoms with E-state index in [0.29, 0.717) is 25.9 Å². The van der Waals surface area contributed by atoms with E-state index in [0.717, 1.165) is 6.42 Å². The summed E-state index contributed by atoms with van der Waals surface area (Å²) in [5.41, 5.74) is -0.523. The number of allylic oxidation sites excluding steroid dienone is 1. The van der Waals surface area contributed by atoms with Crippen molar-refractivity contribution in [2.75, 3.05) is 20.2 Å². The van der Waals surface area contributed by atoms with Gasteiger partial charge in [-0.1, -0.05) is 32.9 Å². The van der Waals surface area contributed by atoms with Crippen LogP contribution in [0.1, 0.15) is 53.4 Å². The first kappa shape index (κ1) is 22.6. The van der Waals surface area contributed by atoms with Crippen LogP contribution in [0.3, 0.4) is 0 Å². The zero-order chi connectivity index (χ0) is 18.6. The van der Waals surface area contributed by atoms with Crippen LogP contribution >= 0.6 is 0 Å². The Bertz CT molecular complexity index is 406. The highest BCUT2D eigenvalue weighted by molar-refractivity contribution is 5.83. The fourth-order valence-corrected chi connectivity index (χ4v) is 2.66. The standard InChI is InChI=1S/C18H34N2O4/c1-6-10-14(7-2)24-12-11-18(8-3,9-4)17(23)20-13-15(19-5)16(21)22/h6,10,14-15,19H,7-9,11-13H2,1-5H3,(H,20,23)(H,21,22). The smallest absolute Gasteiger partial charge is 0.322 e. The van der Waals surface area contributed by atoms with E-state index in [9.17, 15) is 9.59 Å². The number of hydrogen-bond acceptors (Lipinski definition) is 4.